The summed E-state index contributed by atoms with van der Waals surface area (Å²) in [4.78, 5) is 47.7. The standard InChI is InChI=1S/C34H32ClFN4O5/c1-45-23-12-15-38(16-13-23)28-6-2-4-25-24(28)14-17-40(32(25)30(41)18-21-8-10-22(11-9-21)34(43)44)33(42)27-19-39(20-37-27)29-7-3-5-26(35)31(29)36/h2-11,19-20,23,32H,12-18H2,1H3,(H,43,44). The summed E-state index contributed by atoms with van der Waals surface area (Å²) in [6.45, 7) is 1.93. The minimum Gasteiger partial charge on any atom is -0.478 e. The maximum atomic E-state index is 14.7. The first-order valence-electron chi connectivity index (χ1n) is 14.8. The van der Waals surface area contributed by atoms with Crippen molar-refractivity contribution in [1.82, 2.24) is 14.5 Å². The van der Waals surface area contributed by atoms with Crippen molar-refractivity contribution in [3.8, 4) is 5.69 Å². The maximum absolute atomic E-state index is 14.7. The number of carbonyl (C=O) groups excluding carboxylic acids is 2. The van der Waals surface area contributed by atoms with Gasteiger partial charge in [0, 0.05) is 45.0 Å². The molecule has 1 aromatic heterocycles. The Morgan fingerprint density at radius 2 is 1.71 bits per heavy atom. The number of fused-ring (bicyclic) bond motifs is 1. The second-order valence-corrected chi connectivity index (χ2v) is 11.7. The number of hydrogen-bond donors (Lipinski definition) is 1. The summed E-state index contributed by atoms with van der Waals surface area (Å²) in [6, 6.07) is 15.7. The molecular formula is C34H32ClFN4O5. The molecule has 3 heterocycles. The van der Waals surface area contributed by atoms with Crippen molar-refractivity contribution >= 4 is 34.9 Å². The van der Waals surface area contributed by atoms with Gasteiger partial charge in [-0.05, 0) is 66.3 Å². The van der Waals surface area contributed by atoms with E-state index in [1.807, 2.05) is 12.1 Å². The van der Waals surface area contributed by atoms with Crippen LogP contribution in [0.25, 0.3) is 5.69 Å². The number of carbonyl (C=O) groups is 3. The zero-order chi connectivity index (χ0) is 31.7. The van der Waals surface area contributed by atoms with Gasteiger partial charge in [0.1, 0.15) is 18.1 Å². The molecule has 9 nitrogen and oxygen atoms in total. The quantitative estimate of drug-likeness (QED) is 0.273. The molecule has 2 aliphatic rings. The monoisotopic (exact) mass is 630 g/mol. The number of aromatic carboxylic acids is 1. The minimum absolute atomic E-state index is 0.000583. The van der Waals surface area contributed by atoms with E-state index in [9.17, 15) is 23.9 Å². The Labute approximate surface area is 264 Å². The summed E-state index contributed by atoms with van der Waals surface area (Å²) in [7, 11) is 1.73. The Morgan fingerprint density at radius 3 is 2.42 bits per heavy atom. The van der Waals surface area contributed by atoms with Crippen LogP contribution in [-0.2, 0) is 22.4 Å². The van der Waals surface area contributed by atoms with Gasteiger partial charge in [-0.2, -0.15) is 0 Å². The van der Waals surface area contributed by atoms with Crippen LogP contribution in [0.1, 0.15) is 56.4 Å². The van der Waals surface area contributed by atoms with E-state index in [0.717, 1.165) is 42.7 Å². The molecule has 1 unspecified atom stereocenters. The molecule has 0 radical (unpaired) electrons. The molecule has 1 amide bonds. The first-order valence-corrected chi connectivity index (χ1v) is 15.2. The number of aromatic nitrogens is 2. The second-order valence-electron chi connectivity index (χ2n) is 11.3. The summed E-state index contributed by atoms with van der Waals surface area (Å²) in [5.41, 5.74) is 3.83. The van der Waals surface area contributed by atoms with E-state index in [1.165, 1.54) is 46.3 Å². The van der Waals surface area contributed by atoms with Crippen LogP contribution in [0.15, 0.2) is 73.2 Å². The number of anilines is 1. The number of halogens is 2. The Balaban J connectivity index is 1.34. The van der Waals surface area contributed by atoms with Crippen LogP contribution in [0.2, 0.25) is 5.02 Å². The van der Waals surface area contributed by atoms with E-state index in [2.05, 4.69) is 16.0 Å². The van der Waals surface area contributed by atoms with Crippen LogP contribution in [0.5, 0.6) is 0 Å². The van der Waals surface area contributed by atoms with Crippen molar-refractivity contribution < 1.29 is 28.6 Å². The summed E-state index contributed by atoms with van der Waals surface area (Å²) in [6.07, 6.45) is 5.35. The van der Waals surface area contributed by atoms with Crippen LogP contribution in [0.3, 0.4) is 0 Å². The van der Waals surface area contributed by atoms with Gasteiger partial charge in [-0.25, -0.2) is 14.2 Å². The average Bonchev–Trinajstić information content (AvgIpc) is 3.55. The molecule has 1 N–H and O–H groups in total. The van der Waals surface area contributed by atoms with Gasteiger partial charge in [-0.15, -0.1) is 0 Å². The molecule has 0 bridgehead atoms. The Hall–Kier alpha value is -4.54. The van der Waals surface area contributed by atoms with Gasteiger partial charge < -0.3 is 24.2 Å². The fourth-order valence-corrected chi connectivity index (χ4v) is 6.48. The van der Waals surface area contributed by atoms with Gasteiger partial charge in [0.2, 0.25) is 0 Å². The van der Waals surface area contributed by atoms with Crippen LogP contribution >= 0.6 is 11.6 Å². The second kappa shape index (κ2) is 12.8. The smallest absolute Gasteiger partial charge is 0.335 e. The van der Waals surface area contributed by atoms with Gasteiger partial charge in [0.05, 0.1) is 22.4 Å². The molecule has 0 aliphatic carbocycles. The van der Waals surface area contributed by atoms with Crippen LogP contribution < -0.4 is 4.90 Å². The lowest BCUT2D eigenvalue weighted by atomic mass is 9.86. The summed E-state index contributed by atoms with van der Waals surface area (Å²) >= 11 is 5.97. The number of carboxylic acids is 1. The highest BCUT2D eigenvalue weighted by atomic mass is 35.5. The fourth-order valence-electron chi connectivity index (χ4n) is 6.31. The number of nitrogens with zero attached hydrogens (tertiary/aromatic N) is 4. The Bertz CT molecular complexity index is 1750. The molecule has 6 rings (SSSR count). The number of carboxylic acid groups (broad SMARTS) is 1. The van der Waals surface area contributed by atoms with Gasteiger partial charge in [-0.1, -0.05) is 41.9 Å². The molecule has 232 valence electrons. The van der Waals surface area contributed by atoms with Gasteiger partial charge in [-0.3, -0.25) is 9.59 Å². The number of piperidine rings is 1. The molecule has 1 atom stereocenters. The topological polar surface area (TPSA) is 105 Å². The number of benzene rings is 3. The summed E-state index contributed by atoms with van der Waals surface area (Å²) in [5, 5.41) is 9.23. The lowest BCUT2D eigenvalue weighted by Gasteiger charge is -2.40. The van der Waals surface area contributed by atoms with E-state index in [-0.39, 0.29) is 46.8 Å². The number of hydrogen-bond acceptors (Lipinski definition) is 6. The predicted molar refractivity (Wildman–Crippen MR) is 167 cm³/mol. The highest BCUT2D eigenvalue weighted by Crippen LogP contribution is 2.38. The normalized spacial score (nSPS) is 16.8. The molecule has 1 saturated heterocycles. The molecule has 45 heavy (non-hydrogen) atoms. The molecule has 0 saturated carbocycles. The van der Waals surface area contributed by atoms with E-state index in [0.29, 0.717) is 12.0 Å². The van der Waals surface area contributed by atoms with Crippen molar-refractivity contribution in [1.29, 1.82) is 0 Å². The minimum atomic E-state index is -1.05. The molecular weight excluding hydrogens is 599 g/mol. The number of amides is 1. The molecule has 4 aromatic rings. The first-order chi connectivity index (χ1) is 21.7. The van der Waals surface area contributed by atoms with Gasteiger partial charge >= 0.3 is 5.97 Å². The van der Waals surface area contributed by atoms with E-state index < -0.39 is 23.7 Å². The molecule has 11 heteroatoms. The van der Waals surface area contributed by atoms with Crippen molar-refractivity contribution in [3.05, 3.63) is 112 Å². The third-order valence-corrected chi connectivity index (χ3v) is 8.96. The van der Waals surface area contributed by atoms with Gasteiger partial charge in [0.15, 0.2) is 11.6 Å². The van der Waals surface area contributed by atoms with Gasteiger partial charge in [0.25, 0.3) is 5.91 Å². The van der Waals surface area contributed by atoms with Crippen molar-refractivity contribution in [2.45, 2.75) is 37.8 Å². The third kappa shape index (κ3) is 6.08. The number of rotatable bonds is 8. The fraction of sp³-hybridized carbons (Fsp3) is 0.294. The van der Waals surface area contributed by atoms with E-state index in [4.69, 9.17) is 16.3 Å². The number of ether oxygens (including phenoxy) is 1. The summed E-state index contributed by atoms with van der Waals surface area (Å²) < 4.78 is 21.7. The lowest BCUT2D eigenvalue weighted by Crippen LogP contribution is -2.45. The van der Waals surface area contributed by atoms with Crippen molar-refractivity contribution in [3.63, 3.8) is 0 Å². The number of ketones is 1. The highest BCUT2D eigenvalue weighted by molar-refractivity contribution is 6.30. The Kier molecular flexibility index (Phi) is 8.69. The highest BCUT2D eigenvalue weighted by Gasteiger charge is 2.38. The summed E-state index contributed by atoms with van der Waals surface area (Å²) in [5.74, 6) is -2.34. The van der Waals surface area contributed by atoms with Crippen LogP contribution in [-0.4, -0.2) is 70.1 Å². The number of methoxy groups -OCH3 is 1. The molecule has 1 fully saturated rings. The van der Waals surface area contributed by atoms with Crippen LogP contribution in [0, 0.1) is 5.82 Å². The van der Waals surface area contributed by atoms with Crippen LogP contribution in [0.4, 0.5) is 10.1 Å². The maximum Gasteiger partial charge on any atom is 0.335 e. The SMILES string of the molecule is COC1CCN(c2cccc3c2CCN(C(=O)c2cn(-c4cccc(Cl)c4F)cn2)C3C(=O)Cc2ccc(C(=O)O)cc2)CC1. The number of Topliss-reactive ketones (excluding diaryl/α,β-unsaturated/α-hetero) is 1. The first kappa shape index (κ1) is 30.5. The number of imidazole rings is 1. The third-order valence-electron chi connectivity index (χ3n) is 8.67. The average molecular weight is 631 g/mol. The van der Waals surface area contributed by atoms with Crippen molar-refractivity contribution in [2.24, 2.45) is 0 Å². The van der Waals surface area contributed by atoms with Crippen molar-refractivity contribution in [2.75, 3.05) is 31.6 Å². The van der Waals surface area contributed by atoms with E-state index >= 15 is 0 Å². The lowest BCUT2D eigenvalue weighted by molar-refractivity contribution is -0.123. The van der Waals surface area contributed by atoms with E-state index in [1.54, 1.807) is 25.3 Å². The molecule has 0 spiro atoms. The predicted octanol–water partition coefficient (Wildman–Crippen LogP) is 5.53. The largest absolute Gasteiger partial charge is 0.478 e. The zero-order valence-corrected chi connectivity index (χ0v) is 25.4. The Morgan fingerprint density at radius 1 is 1.00 bits per heavy atom. The molecule has 3 aromatic carbocycles. The molecule has 2 aliphatic heterocycles. The zero-order valence-electron chi connectivity index (χ0n) is 24.7.